The second-order valence-electron chi connectivity index (χ2n) is 6.79. The molecule has 0 saturated carbocycles. The molecule has 3 aromatic rings. The number of aromatic nitrogens is 2. The van der Waals surface area contributed by atoms with E-state index in [2.05, 4.69) is 14.3 Å². The number of amides is 1. The molecule has 0 N–H and O–H groups in total. The van der Waals surface area contributed by atoms with E-state index in [4.69, 9.17) is 0 Å². The zero-order valence-corrected chi connectivity index (χ0v) is 14.9. The van der Waals surface area contributed by atoms with Crippen molar-refractivity contribution in [2.24, 2.45) is 0 Å². The molecule has 4 rings (SSSR count). The van der Waals surface area contributed by atoms with Crippen LogP contribution in [-0.2, 0) is 11.2 Å². The van der Waals surface area contributed by atoms with Crippen molar-refractivity contribution in [1.82, 2.24) is 14.5 Å². The number of carbonyl (C=O) groups is 1. The molecule has 1 amide bonds. The second-order valence-corrected chi connectivity index (χ2v) is 6.79. The summed E-state index contributed by atoms with van der Waals surface area (Å²) in [6, 6.07) is 13.4. The van der Waals surface area contributed by atoms with Crippen molar-refractivity contribution in [3.63, 3.8) is 0 Å². The molecule has 1 aliphatic heterocycles. The van der Waals surface area contributed by atoms with Crippen LogP contribution in [0.2, 0.25) is 0 Å². The fourth-order valence-corrected chi connectivity index (χ4v) is 3.56. The SMILES string of the molecule is O=C(Cc1ccc(OC(F)(F)F)cc1)N1CCC(n2cnc3ccccc32)C1. The molecule has 0 spiro atoms. The summed E-state index contributed by atoms with van der Waals surface area (Å²) < 4.78 is 42.6. The Labute approximate surface area is 159 Å². The number of halogens is 3. The van der Waals surface area contributed by atoms with Crippen LogP contribution in [0.4, 0.5) is 13.2 Å². The van der Waals surface area contributed by atoms with Crippen molar-refractivity contribution in [3.05, 3.63) is 60.4 Å². The molecule has 2 aromatic carbocycles. The van der Waals surface area contributed by atoms with Crippen molar-refractivity contribution >= 4 is 16.9 Å². The van der Waals surface area contributed by atoms with Gasteiger partial charge in [0.1, 0.15) is 5.75 Å². The van der Waals surface area contributed by atoms with Crippen molar-refractivity contribution in [1.29, 1.82) is 0 Å². The summed E-state index contributed by atoms with van der Waals surface area (Å²) in [4.78, 5) is 18.8. The summed E-state index contributed by atoms with van der Waals surface area (Å²) in [5.74, 6) is -0.340. The van der Waals surface area contributed by atoms with E-state index in [0.29, 0.717) is 18.7 Å². The molecule has 8 heteroatoms. The molecule has 1 fully saturated rings. The highest BCUT2D eigenvalue weighted by molar-refractivity contribution is 5.79. The zero-order chi connectivity index (χ0) is 19.7. The number of carbonyl (C=O) groups excluding carboxylic acids is 1. The molecule has 1 atom stereocenters. The molecular weight excluding hydrogens is 371 g/mol. The lowest BCUT2D eigenvalue weighted by atomic mass is 10.1. The summed E-state index contributed by atoms with van der Waals surface area (Å²) >= 11 is 0. The van der Waals surface area contributed by atoms with Gasteiger partial charge in [0.2, 0.25) is 5.91 Å². The molecule has 1 saturated heterocycles. The van der Waals surface area contributed by atoms with E-state index in [1.807, 2.05) is 30.6 Å². The molecule has 1 unspecified atom stereocenters. The lowest BCUT2D eigenvalue weighted by Crippen LogP contribution is -2.30. The van der Waals surface area contributed by atoms with Gasteiger partial charge in [-0.15, -0.1) is 13.2 Å². The van der Waals surface area contributed by atoms with Gasteiger partial charge in [0.05, 0.1) is 29.8 Å². The van der Waals surface area contributed by atoms with Gasteiger partial charge in [0.15, 0.2) is 0 Å². The maximum Gasteiger partial charge on any atom is 0.573 e. The molecule has 5 nitrogen and oxygen atoms in total. The average molecular weight is 389 g/mol. The number of hydrogen-bond donors (Lipinski definition) is 0. The Morgan fingerprint density at radius 1 is 1.14 bits per heavy atom. The first-order chi connectivity index (χ1) is 13.4. The van der Waals surface area contributed by atoms with Gasteiger partial charge in [-0.05, 0) is 36.2 Å². The minimum atomic E-state index is -4.72. The maximum atomic E-state index is 12.6. The van der Waals surface area contributed by atoms with Crippen LogP contribution in [0.1, 0.15) is 18.0 Å². The third-order valence-electron chi connectivity index (χ3n) is 4.90. The van der Waals surface area contributed by atoms with E-state index >= 15 is 0 Å². The van der Waals surface area contributed by atoms with Crippen LogP contribution in [0.5, 0.6) is 5.75 Å². The number of benzene rings is 2. The second kappa shape index (κ2) is 7.18. The number of hydrogen-bond acceptors (Lipinski definition) is 3. The standard InChI is InChI=1S/C20H18F3N3O2/c21-20(22,23)28-16-7-5-14(6-8-16)11-19(27)25-10-9-15(12-25)26-13-24-17-3-1-2-4-18(17)26/h1-8,13,15H,9-12H2. The molecule has 0 aliphatic carbocycles. The van der Waals surface area contributed by atoms with Gasteiger partial charge in [-0.2, -0.15) is 0 Å². The average Bonchev–Trinajstić information content (AvgIpc) is 3.28. The summed E-state index contributed by atoms with van der Waals surface area (Å²) in [7, 11) is 0. The minimum Gasteiger partial charge on any atom is -0.406 e. The smallest absolute Gasteiger partial charge is 0.406 e. The van der Waals surface area contributed by atoms with Crippen LogP contribution < -0.4 is 4.74 Å². The van der Waals surface area contributed by atoms with Crippen LogP contribution in [0, 0.1) is 0 Å². The van der Waals surface area contributed by atoms with Gasteiger partial charge in [-0.1, -0.05) is 24.3 Å². The Morgan fingerprint density at radius 2 is 1.89 bits per heavy atom. The molecule has 1 aliphatic rings. The first kappa shape index (κ1) is 18.3. The van der Waals surface area contributed by atoms with Gasteiger partial charge >= 0.3 is 6.36 Å². The third-order valence-corrected chi connectivity index (χ3v) is 4.90. The Hall–Kier alpha value is -3.03. The minimum absolute atomic E-state index is 0.0450. The zero-order valence-electron chi connectivity index (χ0n) is 14.9. The first-order valence-electron chi connectivity index (χ1n) is 8.93. The molecule has 2 heterocycles. The molecule has 1 aromatic heterocycles. The van der Waals surface area contributed by atoms with Crippen molar-refractivity contribution < 1.29 is 22.7 Å². The van der Waals surface area contributed by atoms with Crippen molar-refractivity contribution in [2.45, 2.75) is 25.2 Å². The summed E-state index contributed by atoms with van der Waals surface area (Å²) in [5.41, 5.74) is 2.62. The van der Waals surface area contributed by atoms with E-state index in [0.717, 1.165) is 17.5 Å². The molecule has 0 radical (unpaired) electrons. The van der Waals surface area contributed by atoms with Crippen LogP contribution in [-0.4, -0.2) is 39.8 Å². The third kappa shape index (κ3) is 3.95. The normalized spacial score (nSPS) is 17.2. The van der Waals surface area contributed by atoms with E-state index in [1.165, 1.54) is 24.3 Å². The summed E-state index contributed by atoms with van der Waals surface area (Å²) in [6.07, 6.45) is -1.93. The number of fused-ring (bicyclic) bond motifs is 1. The van der Waals surface area contributed by atoms with Crippen molar-refractivity contribution in [2.75, 3.05) is 13.1 Å². The number of alkyl halides is 3. The van der Waals surface area contributed by atoms with E-state index in [1.54, 1.807) is 4.90 Å². The van der Waals surface area contributed by atoms with E-state index in [9.17, 15) is 18.0 Å². The number of likely N-dealkylation sites (tertiary alicyclic amines) is 1. The number of ether oxygens (including phenoxy) is 1. The molecule has 0 bridgehead atoms. The lowest BCUT2D eigenvalue weighted by Gasteiger charge is -2.18. The fraction of sp³-hybridized carbons (Fsp3) is 0.300. The Morgan fingerprint density at radius 3 is 2.64 bits per heavy atom. The van der Waals surface area contributed by atoms with E-state index in [-0.39, 0.29) is 24.1 Å². The predicted molar refractivity (Wildman–Crippen MR) is 96.8 cm³/mol. The summed E-state index contributed by atoms with van der Waals surface area (Å²) in [5, 5.41) is 0. The highest BCUT2D eigenvalue weighted by Crippen LogP contribution is 2.27. The maximum absolute atomic E-state index is 12.6. The van der Waals surface area contributed by atoms with Crippen molar-refractivity contribution in [3.8, 4) is 5.75 Å². The topological polar surface area (TPSA) is 47.4 Å². The van der Waals surface area contributed by atoms with Gasteiger partial charge in [0.25, 0.3) is 0 Å². The Balaban J connectivity index is 1.38. The quantitative estimate of drug-likeness (QED) is 0.679. The van der Waals surface area contributed by atoms with Crippen LogP contribution >= 0.6 is 0 Å². The number of rotatable bonds is 4. The monoisotopic (exact) mass is 389 g/mol. The number of nitrogens with zero attached hydrogens (tertiary/aromatic N) is 3. The molecular formula is C20H18F3N3O2. The van der Waals surface area contributed by atoms with Crippen LogP contribution in [0.3, 0.4) is 0 Å². The molecule has 146 valence electrons. The highest BCUT2D eigenvalue weighted by atomic mass is 19.4. The first-order valence-corrected chi connectivity index (χ1v) is 8.93. The van der Waals surface area contributed by atoms with Gasteiger partial charge in [-0.25, -0.2) is 4.98 Å². The Bertz CT molecular complexity index is 982. The predicted octanol–water partition coefficient (Wildman–Crippen LogP) is 3.95. The highest BCUT2D eigenvalue weighted by Gasteiger charge is 2.31. The number of imidazole rings is 1. The molecule has 28 heavy (non-hydrogen) atoms. The Kier molecular flexibility index (Phi) is 4.70. The van der Waals surface area contributed by atoms with Gasteiger partial charge in [-0.3, -0.25) is 4.79 Å². The summed E-state index contributed by atoms with van der Waals surface area (Å²) in [6.45, 7) is 1.24. The van der Waals surface area contributed by atoms with Crippen LogP contribution in [0.15, 0.2) is 54.9 Å². The van der Waals surface area contributed by atoms with E-state index < -0.39 is 6.36 Å². The fourth-order valence-electron chi connectivity index (χ4n) is 3.56. The van der Waals surface area contributed by atoms with Gasteiger partial charge in [0, 0.05) is 13.1 Å². The number of para-hydroxylation sites is 2. The largest absolute Gasteiger partial charge is 0.573 e. The lowest BCUT2D eigenvalue weighted by molar-refractivity contribution is -0.274. The van der Waals surface area contributed by atoms with Gasteiger partial charge < -0.3 is 14.2 Å². The van der Waals surface area contributed by atoms with Crippen LogP contribution in [0.25, 0.3) is 11.0 Å².